The molecular formula is C27H24N3OP. The van der Waals surface area contributed by atoms with E-state index in [9.17, 15) is 0 Å². The first-order valence-electron chi connectivity index (χ1n) is 10.8. The average Bonchev–Trinajstić information content (AvgIpc) is 3.42. The molecule has 0 fully saturated rings. The summed E-state index contributed by atoms with van der Waals surface area (Å²) in [5, 5.41) is 5.74. The lowest BCUT2D eigenvalue weighted by molar-refractivity contribution is 0.592. The first kappa shape index (κ1) is 19.2. The van der Waals surface area contributed by atoms with Gasteiger partial charge in [-0.05, 0) is 39.0 Å². The maximum atomic E-state index is 15.8. The fourth-order valence-corrected chi connectivity index (χ4v) is 9.20. The maximum Gasteiger partial charge on any atom is 0.178 e. The summed E-state index contributed by atoms with van der Waals surface area (Å²) in [4.78, 5) is 10.5. The normalized spacial score (nSPS) is 12.3. The van der Waals surface area contributed by atoms with Crippen LogP contribution in [0.5, 0.6) is 0 Å². The van der Waals surface area contributed by atoms with E-state index >= 15 is 4.57 Å². The van der Waals surface area contributed by atoms with Gasteiger partial charge in [-0.15, -0.1) is 0 Å². The zero-order valence-corrected chi connectivity index (χ0v) is 19.2. The third-order valence-corrected chi connectivity index (χ3v) is 10.1. The van der Waals surface area contributed by atoms with Crippen LogP contribution in [-0.4, -0.2) is 15.0 Å². The maximum absolute atomic E-state index is 15.8. The second kappa shape index (κ2) is 6.75. The predicted octanol–water partition coefficient (Wildman–Crippen LogP) is 5.70. The summed E-state index contributed by atoms with van der Waals surface area (Å²) < 4.78 is 15.8. The SMILES string of the molecule is Cc1[nH]c2ccccc2c1P(=O)(c1c(C)[nH]c2ccccc12)c1c(C)[nH]c2ccccc12. The molecule has 4 nitrogen and oxygen atoms in total. The lowest BCUT2D eigenvalue weighted by atomic mass is 10.2. The van der Waals surface area contributed by atoms with Gasteiger partial charge in [-0.2, -0.15) is 0 Å². The number of H-pyrrole nitrogens is 3. The Morgan fingerprint density at radius 2 is 0.781 bits per heavy atom. The van der Waals surface area contributed by atoms with Crippen LogP contribution < -0.4 is 15.9 Å². The fraction of sp³-hybridized carbons (Fsp3) is 0.111. The molecule has 0 saturated heterocycles. The van der Waals surface area contributed by atoms with Crippen molar-refractivity contribution in [3.05, 3.63) is 89.9 Å². The van der Waals surface area contributed by atoms with Crippen molar-refractivity contribution < 1.29 is 4.57 Å². The van der Waals surface area contributed by atoms with Crippen LogP contribution in [0.25, 0.3) is 32.7 Å². The largest absolute Gasteiger partial charge is 0.358 e. The number of nitrogens with one attached hydrogen (secondary N) is 3. The highest BCUT2D eigenvalue weighted by molar-refractivity contribution is 7.86. The molecule has 5 heteroatoms. The zero-order valence-electron chi connectivity index (χ0n) is 18.3. The lowest BCUT2D eigenvalue weighted by Crippen LogP contribution is -2.28. The minimum absolute atomic E-state index is 0.897. The molecule has 158 valence electrons. The van der Waals surface area contributed by atoms with Crippen LogP contribution in [0.2, 0.25) is 0 Å². The Hall–Kier alpha value is -3.49. The van der Waals surface area contributed by atoms with E-state index in [1.165, 1.54) is 0 Å². The van der Waals surface area contributed by atoms with E-state index in [1.54, 1.807) is 0 Å². The summed E-state index contributed by atoms with van der Waals surface area (Å²) >= 11 is 0. The number of benzene rings is 3. The molecule has 0 aliphatic carbocycles. The van der Waals surface area contributed by atoms with Crippen LogP contribution in [0, 0.1) is 20.8 Å². The topological polar surface area (TPSA) is 64.4 Å². The Bertz CT molecular complexity index is 1500. The molecule has 0 atom stereocenters. The second-order valence-corrected chi connectivity index (χ2v) is 11.1. The van der Waals surface area contributed by atoms with Gasteiger partial charge in [-0.3, -0.25) is 0 Å². The van der Waals surface area contributed by atoms with Crippen molar-refractivity contribution in [2.75, 3.05) is 0 Å². The van der Waals surface area contributed by atoms with Crippen molar-refractivity contribution >= 4 is 55.8 Å². The van der Waals surface area contributed by atoms with Crippen molar-refractivity contribution in [3.63, 3.8) is 0 Å². The smallest absolute Gasteiger partial charge is 0.178 e. The first-order valence-corrected chi connectivity index (χ1v) is 12.5. The van der Waals surface area contributed by atoms with Crippen LogP contribution in [0.3, 0.4) is 0 Å². The summed E-state index contributed by atoms with van der Waals surface area (Å²) in [6.45, 7) is 6.11. The standard InChI is InChI=1S/C27H24N3OP/c1-16-25(19-10-4-7-13-22(19)28-16)32(31,26-17(2)29-23-14-8-5-11-20(23)26)27-18(3)30-24-15-9-6-12-21(24)27/h4-15,28-30H,1-3H3. The number of aromatic nitrogens is 3. The average molecular weight is 437 g/mol. The highest BCUT2D eigenvalue weighted by Gasteiger charge is 2.40. The second-order valence-electron chi connectivity index (χ2n) is 8.54. The van der Waals surface area contributed by atoms with Gasteiger partial charge >= 0.3 is 0 Å². The predicted molar refractivity (Wildman–Crippen MR) is 136 cm³/mol. The van der Waals surface area contributed by atoms with Gasteiger partial charge in [0.05, 0.1) is 0 Å². The van der Waals surface area contributed by atoms with E-state index in [1.807, 2.05) is 57.2 Å². The number of hydrogen-bond acceptors (Lipinski definition) is 1. The van der Waals surface area contributed by atoms with E-state index in [0.29, 0.717) is 0 Å². The fourth-order valence-electron chi connectivity index (χ4n) is 5.34. The molecule has 32 heavy (non-hydrogen) atoms. The summed E-state index contributed by atoms with van der Waals surface area (Å²) in [6, 6.07) is 24.5. The van der Waals surface area contributed by atoms with Crippen LogP contribution in [0.4, 0.5) is 0 Å². The minimum atomic E-state index is -3.28. The van der Waals surface area contributed by atoms with Gasteiger partial charge in [0.25, 0.3) is 0 Å². The molecule has 3 aromatic carbocycles. The number of rotatable bonds is 3. The Balaban J connectivity index is 1.86. The van der Waals surface area contributed by atoms with E-state index < -0.39 is 7.14 Å². The molecule has 0 aliphatic rings. The molecule has 0 unspecified atom stereocenters. The van der Waals surface area contributed by atoms with Gasteiger partial charge in [0.1, 0.15) is 0 Å². The van der Waals surface area contributed by atoms with Gasteiger partial charge in [-0.1, -0.05) is 54.6 Å². The molecule has 3 N–H and O–H groups in total. The Morgan fingerprint density at radius 3 is 1.09 bits per heavy atom. The van der Waals surface area contributed by atoms with Crippen LogP contribution in [0.1, 0.15) is 17.1 Å². The quantitative estimate of drug-likeness (QED) is 0.306. The molecule has 0 bridgehead atoms. The molecule has 0 saturated carbocycles. The number of aromatic amines is 3. The third kappa shape index (κ3) is 2.47. The van der Waals surface area contributed by atoms with Gasteiger partial charge < -0.3 is 19.5 Å². The van der Waals surface area contributed by atoms with Gasteiger partial charge in [0, 0.05) is 65.7 Å². The summed E-state index contributed by atoms with van der Waals surface area (Å²) in [5.74, 6) is 0. The van der Waals surface area contributed by atoms with Crippen molar-refractivity contribution in [2.24, 2.45) is 0 Å². The van der Waals surface area contributed by atoms with E-state index in [-0.39, 0.29) is 0 Å². The number of hydrogen-bond donors (Lipinski definition) is 3. The van der Waals surface area contributed by atoms with Crippen molar-refractivity contribution in [2.45, 2.75) is 20.8 Å². The van der Waals surface area contributed by atoms with E-state index in [0.717, 1.165) is 65.7 Å². The number of fused-ring (bicyclic) bond motifs is 3. The van der Waals surface area contributed by atoms with Gasteiger partial charge in [0.2, 0.25) is 0 Å². The molecular weight excluding hydrogens is 413 g/mol. The molecule has 6 rings (SSSR count). The molecule has 0 radical (unpaired) electrons. The molecule has 0 spiro atoms. The molecule has 0 aliphatic heterocycles. The third-order valence-electron chi connectivity index (χ3n) is 6.52. The minimum Gasteiger partial charge on any atom is -0.358 e. The first-order chi connectivity index (χ1) is 15.5. The molecule has 3 heterocycles. The highest BCUT2D eigenvalue weighted by Crippen LogP contribution is 2.50. The molecule has 0 amide bonds. The zero-order chi connectivity index (χ0) is 22.0. The Labute approximate surface area is 186 Å². The Morgan fingerprint density at radius 1 is 0.500 bits per heavy atom. The van der Waals surface area contributed by atoms with E-state index in [4.69, 9.17) is 0 Å². The Kier molecular flexibility index (Phi) is 4.05. The summed E-state index contributed by atoms with van der Waals surface area (Å²) in [7, 11) is -3.28. The van der Waals surface area contributed by atoms with Crippen molar-refractivity contribution in [1.82, 2.24) is 15.0 Å². The van der Waals surface area contributed by atoms with Gasteiger partial charge in [0.15, 0.2) is 7.14 Å². The summed E-state index contributed by atoms with van der Waals surface area (Å²) in [5.41, 5.74) is 5.87. The van der Waals surface area contributed by atoms with Crippen LogP contribution >= 0.6 is 7.14 Å². The molecule has 6 aromatic rings. The molecule has 3 aromatic heterocycles. The summed E-state index contributed by atoms with van der Waals surface area (Å²) in [6.07, 6.45) is 0. The lowest BCUT2D eigenvalue weighted by Gasteiger charge is -2.21. The monoisotopic (exact) mass is 437 g/mol. The van der Waals surface area contributed by atoms with Crippen LogP contribution in [0.15, 0.2) is 72.8 Å². The van der Waals surface area contributed by atoms with Crippen molar-refractivity contribution in [1.29, 1.82) is 0 Å². The number of para-hydroxylation sites is 3. The number of aryl methyl sites for hydroxylation is 3. The highest BCUT2D eigenvalue weighted by atomic mass is 31.2. The van der Waals surface area contributed by atoms with Crippen molar-refractivity contribution in [3.8, 4) is 0 Å². The van der Waals surface area contributed by atoms with Gasteiger partial charge in [-0.25, -0.2) is 0 Å². The van der Waals surface area contributed by atoms with E-state index in [2.05, 4.69) is 51.4 Å². The van der Waals surface area contributed by atoms with Crippen LogP contribution in [-0.2, 0) is 4.57 Å².